The van der Waals surface area contributed by atoms with Crippen molar-refractivity contribution in [1.82, 2.24) is 10.2 Å². The molecule has 0 spiro atoms. The topological polar surface area (TPSA) is 58.4 Å². The second-order valence-electron chi connectivity index (χ2n) is 5.39. The highest BCUT2D eigenvalue weighted by atomic mass is 16.1. The van der Waals surface area contributed by atoms with Crippen molar-refractivity contribution < 1.29 is 4.79 Å². The van der Waals surface area contributed by atoms with Gasteiger partial charge >= 0.3 is 0 Å². The standard InChI is InChI=1S/C15H23N3O/c1-11-5-6-13(14(16)9-11)15(19)17-10-12(2)18-7-3-4-8-18/h5-6,9,12H,3-4,7-8,10,16H2,1-2H3,(H,17,19). The first-order valence-electron chi connectivity index (χ1n) is 6.96. The lowest BCUT2D eigenvalue weighted by Gasteiger charge is -2.24. The molecule has 0 aromatic heterocycles. The van der Waals surface area contributed by atoms with Crippen LogP contribution in [0.25, 0.3) is 0 Å². The summed E-state index contributed by atoms with van der Waals surface area (Å²) in [7, 11) is 0. The maximum absolute atomic E-state index is 12.1. The van der Waals surface area contributed by atoms with Gasteiger partial charge in [0.2, 0.25) is 0 Å². The number of nitrogens with two attached hydrogens (primary N) is 1. The molecular formula is C15H23N3O. The van der Waals surface area contributed by atoms with Crippen molar-refractivity contribution in [2.24, 2.45) is 0 Å². The van der Waals surface area contributed by atoms with E-state index >= 15 is 0 Å². The smallest absolute Gasteiger partial charge is 0.253 e. The van der Waals surface area contributed by atoms with Crippen molar-refractivity contribution in [1.29, 1.82) is 0 Å². The van der Waals surface area contributed by atoms with E-state index in [0.29, 0.717) is 23.8 Å². The quantitative estimate of drug-likeness (QED) is 0.812. The number of aryl methyl sites for hydroxylation is 1. The monoisotopic (exact) mass is 261 g/mol. The molecule has 1 saturated heterocycles. The molecule has 0 radical (unpaired) electrons. The molecule has 104 valence electrons. The molecule has 0 bridgehead atoms. The third-order valence-electron chi connectivity index (χ3n) is 3.77. The van der Waals surface area contributed by atoms with Crippen LogP contribution < -0.4 is 11.1 Å². The largest absolute Gasteiger partial charge is 0.398 e. The van der Waals surface area contributed by atoms with E-state index in [1.54, 1.807) is 6.07 Å². The molecule has 1 atom stereocenters. The molecule has 1 fully saturated rings. The molecule has 1 aromatic rings. The number of carbonyl (C=O) groups excluding carboxylic acids is 1. The summed E-state index contributed by atoms with van der Waals surface area (Å²) in [6, 6.07) is 5.92. The molecule has 1 aromatic carbocycles. The predicted molar refractivity (Wildman–Crippen MR) is 78.2 cm³/mol. The molecule has 1 amide bonds. The number of carbonyl (C=O) groups is 1. The Morgan fingerprint density at radius 2 is 2.11 bits per heavy atom. The Kier molecular flexibility index (Phi) is 4.43. The van der Waals surface area contributed by atoms with Crippen LogP contribution in [-0.2, 0) is 0 Å². The number of nitrogens with zero attached hydrogens (tertiary/aromatic N) is 1. The number of rotatable bonds is 4. The molecule has 4 nitrogen and oxygen atoms in total. The molecule has 1 heterocycles. The Balaban J connectivity index is 1.90. The summed E-state index contributed by atoms with van der Waals surface area (Å²) in [6.45, 7) is 7.08. The van der Waals surface area contributed by atoms with Gasteiger partial charge < -0.3 is 11.1 Å². The Bertz CT molecular complexity index is 453. The van der Waals surface area contributed by atoms with Crippen LogP contribution in [0, 0.1) is 6.92 Å². The molecular weight excluding hydrogens is 238 g/mol. The fraction of sp³-hybridized carbons (Fsp3) is 0.533. The molecule has 0 saturated carbocycles. The normalized spacial score (nSPS) is 17.4. The van der Waals surface area contributed by atoms with E-state index in [2.05, 4.69) is 17.1 Å². The van der Waals surface area contributed by atoms with Crippen LogP contribution in [0.4, 0.5) is 5.69 Å². The Morgan fingerprint density at radius 3 is 2.74 bits per heavy atom. The molecule has 3 N–H and O–H groups in total. The van der Waals surface area contributed by atoms with Crippen molar-refractivity contribution in [2.45, 2.75) is 32.7 Å². The molecule has 1 aliphatic rings. The fourth-order valence-corrected chi connectivity index (χ4v) is 2.54. The summed E-state index contributed by atoms with van der Waals surface area (Å²) in [5.41, 5.74) is 8.06. The summed E-state index contributed by atoms with van der Waals surface area (Å²) in [5, 5.41) is 2.98. The van der Waals surface area contributed by atoms with Crippen LogP contribution in [0.2, 0.25) is 0 Å². The highest BCUT2D eigenvalue weighted by Crippen LogP contribution is 2.14. The van der Waals surface area contributed by atoms with Crippen LogP contribution >= 0.6 is 0 Å². The number of amides is 1. The van der Waals surface area contributed by atoms with E-state index in [0.717, 1.165) is 18.7 Å². The van der Waals surface area contributed by atoms with Crippen LogP contribution in [-0.4, -0.2) is 36.5 Å². The van der Waals surface area contributed by atoms with Crippen LogP contribution in [0.5, 0.6) is 0 Å². The van der Waals surface area contributed by atoms with Gasteiger partial charge in [0.25, 0.3) is 5.91 Å². The molecule has 4 heteroatoms. The zero-order valence-electron chi connectivity index (χ0n) is 11.8. The highest BCUT2D eigenvalue weighted by molar-refractivity contribution is 5.99. The number of nitrogen functional groups attached to an aromatic ring is 1. The van der Waals surface area contributed by atoms with Crippen molar-refractivity contribution in [3.05, 3.63) is 29.3 Å². The van der Waals surface area contributed by atoms with E-state index in [4.69, 9.17) is 5.73 Å². The summed E-state index contributed by atoms with van der Waals surface area (Å²) >= 11 is 0. The van der Waals surface area contributed by atoms with Gasteiger partial charge in [-0.1, -0.05) is 6.07 Å². The first-order valence-corrected chi connectivity index (χ1v) is 6.96. The van der Waals surface area contributed by atoms with Gasteiger partial charge in [-0.05, 0) is 57.5 Å². The fourth-order valence-electron chi connectivity index (χ4n) is 2.54. The number of benzene rings is 1. The van der Waals surface area contributed by atoms with Crippen LogP contribution in [0.15, 0.2) is 18.2 Å². The van der Waals surface area contributed by atoms with Gasteiger partial charge in [0.05, 0.1) is 5.56 Å². The number of hydrogen-bond donors (Lipinski definition) is 2. The van der Waals surface area contributed by atoms with Crippen molar-refractivity contribution in [3.8, 4) is 0 Å². The lowest BCUT2D eigenvalue weighted by molar-refractivity contribution is 0.0941. The zero-order chi connectivity index (χ0) is 13.8. The number of nitrogens with one attached hydrogen (secondary N) is 1. The maximum Gasteiger partial charge on any atom is 0.253 e. The van der Waals surface area contributed by atoms with E-state index < -0.39 is 0 Å². The first-order chi connectivity index (χ1) is 9.08. The number of anilines is 1. The molecule has 0 aliphatic carbocycles. The molecule has 1 unspecified atom stereocenters. The highest BCUT2D eigenvalue weighted by Gasteiger charge is 2.19. The van der Waals surface area contributed by atoms with Gasteiger partial charge in [-0.15, -0.1) is 0 Å². The molecule has 2 rings (SSSR count). The minimum absolute atomic E-state index is 0.0800. The Hall–Kier alpha value is -1.55. The van der Waals surface area contributed by atoms with Gasteiger partial charge in [-0.25, -0.2) is 0 Å². The van der Waals surface area contributed by atoms with Gasteiger partial charge in [0.15, 0.2) is 0 Å². The van der Waals surface area contributed by atoms with Crippen LogP contribution in [0.3, 0.4) is 0 Å². The van der Waals surface area contributed by atoms with E-state index in [9.17, 15) is 4.79 Å². The van der Waals surface area contributed by atoms with Crippen molar-refractivity contribution >= 4 is 11.6 Å². The average molecular weight is 261 g/mol. The predicted octanol–water partition coefficient (Wildman–Crippen LogP) is 1.79. The van der Waals surface area contributed by atoms with E-state index in [-0.39, 0.29) is 5.91 Å². The van der Waals surface area contributed by atoms with E-state index in [1.165, 1.54) is 12.8 Å². The summed E-state index contributed by atoms with van der Waals surface area (Å²) in [4.78, 5) is 14.5. The maximum atomic E-state index is 12.1. The second-order valence-corrected chi connectivity index (χ2v) is 5.39. The van der Waals surface area contributed by atoms with Crippen LogP contribution in [0.1, 0.15) is 35.7 Å². The van der Waals surface area contributed by atoms with Gasteiger partial charge in [0, 0.05) is 18.3 Å². The zero-order valence-corrected chi connectivity index (χ0v) is 11.8. The summed E-state index contributed by atoms with van der Waals surface area (Å²) < 4.78 is 0. The number of likely N-dealkylation sites (tertiary alicyclic amines) is 1. The molecule has 1 aliphatic heterocycles. The third kappa shape index (κ3) is 3.47. The summed E-state index contributed by atoms with van der Waals surface area (Å²) in [6.07, 6.45) is 2.53. The second kappa shape index (κ2) is 6.06. The Morgan fingerprint density at radius 1 is 1.42 bits per heavy atom. The average Bonchev–Trinajstić information content (AvgIpc) is 2.89. The third-order valence-corrected chi connectivity index (χ3v) is 3.77. The van der Waals surface area contributed by atoms with Gasteiger partial charge in [0.1, 0.15) is 0 Å². The summed E-state index contributed by atoms with van der Waals surface area (Å²) in [5.74, 6) is -0.0800. The van der Waals surface area contributed by atoms with Gasteiger partial charge in [-0.3, -0.25) is 9.69 Å². The van der Waals surface area contributed by atoms with Crippen molar-refractivity contribution in [2.75, 3.05) is 25.4 Å². The van der Waals surface area contributed by atoms with Gasteiger partial charge in [-0.2, -0.15) is 0 Å². The first kappa shape index (κ1) is 13.9. The lowest BCUT2D eigenvalue weighted by Crippen LogP contribution is -2.40. The molecule has 19 heavy (non-hydrogen) atoms. The minimum Gasteiger partial charge on any atom is -0.398 e. The minimum atomic E-state index is -0.0800. The SMILES string of the molecule is Cc1ccc(C(=O)NCC(C)N2CCCC2)c(N)c1. The number of hydrogen-bond acceptors (Lipinski definition) is 3. The van der Waals surface area contributed by atoms with E-state index in [1.807, 2.05) is 19.1 Å². The Labute approximate surface area is 115 Å². The lowest BCUT2D eigenvalue weighted by atomic mass is 10.1. The van der Waals surface area contributed by atoms with Crippen molar-refractivity contribution in [3.63, 3.8) is 0 Å².